The van der Waals surface area contributed by atoms with Crippen LogP contribution >= 0.6 is 27.5 Å². The zero-order valence-electron chi connectivity index (χ0n) is 19.6. The standard InChI is InChI=1S/C28H32BrClN2O2/c1-2-33-27-17-22(16-25(29)28(27)34-20-23-10-6-7-11-26(23)30)18-31-24-12-14-32(15-13-24)19-21-8-4-3-5-9-21/h3-11,16-17,24,31H,2,12-15,18-20H2,1H3. The second-order valence-corrected chi connectivity index (χ2v) is 9.90. The summed E-state index contributed by atoms with van der Waals surface area (Å²) in [5.74, 6) is 1.46. The molecular formula is C28H32BrClN2O2. The van der Waals surface area contributed by atoms with Crippen LogP contribution in [0.5, 0.6) is 11.5 Å². The second-order valence-electron chi connectivity index (χ2n) is 8.63. The van der Waals surface area contributed by atoms with Crippen molar-refractivity contribution >= 4 is 27.5 Å². The molecule has 0 amide bonds. The molecule has 1 heterocycles. The van der Waals surface area contributed by atoms with Gasteiger partial charge in [0.25, 0.3) is 0 Å². The van der Waals surface area contributed by atoms with Crippen LogP contribution in [-0.2, 0) is 19.7 Å². The number of likely N-dealkylation sites (tertiary alicyclic amines) is 1. The number of nitrogens with zero attached hydrogens (tertiary/aromatic N) is 1. The summed E-state index contributed by atoms with van der Waals surface area (Å²) < 4.78 is 12.9. The van der Waals surface area contributed by atoms with E-state index in [1.807, 2.05) is 31.2 Å². The molecule has 1 aliphatic heterocycles. The van der Waals surface area contributed by atoms with Crippen LogP contribution < -0.4 is 14.8 Å². The third kappa shape index (κ3) is 6.98. The fraction of sp³-hybridized carbons (Fsp3) is 0.357. The summed E-state index contributed by atoms with van der Waals surface area (Å²) in [7, 11) is 0. The molecule has 0 aliphatic carbocycles. The van der Waals surface area contributed by atoms with Gasteiger partial charge in [0, 0.05) is 29.7 Å². The number of hydrogen-bond acceptors (Lipinski definition) is 4. The molecule has 1 fully saturated rings. The molecule has 0 unspecified atom stereocenters. The van der Waals surface area contributed by atoms with Crippen molar-refractivity contribution < 1.29 is 9.47 Å². The van der Waals surface area contributed by atoms with Gasteiger partial charge in [-0.15, -0.1) is 0 Å². The van der Waals surface area contributed by atoms with Gasteiger partial charge in [0.2, 0.25) is 0 Å². The largest absolute Gasteiger partial charge is 0.490 e. The minimum absolute atomic E-state index is 0.386. The molecule has 180 valence electrons. The van der Waals surface area contributed by atoms with Crippen LogP contribution in [0.25, 0.3) is 0 Å². The molecule has 0 aromatic heterocycles. The van der Waals surface area contributed by atoms with Crippen molar-refractivity contribution in [1.82, 2.24) is 10.2 Å². The average molecular weight is 544 g/mol. The number of hydrogen-bond donors (Lipinski definition) is 1. The third-order valence-corrected chi connectivity index (χ3v) is 7.09. The lowest BCUT2D eigenvalue weighted by Crippen LogP contribution is -2.41. The fourth-order valence-electron chi connectivity index (χ4n) is 4.29. The molecule has 4 nitrogen and oxygen atoms in total. The van der Waals surface area contributed by atoms with E-state index in [9.17, 15) is 0 Å². The van der Waals surface area contributed by atoms with Crippen molar-refractivity contribution in [3.8, 4) is 11.5 Å². The highest BCUT2D eigenvalue weighted by Gasteiger charge is 2.19. The number of benzene rings is 3. The molecule has 1 saturated heterocycles. The Morgan fingerprint density at radius 2 is 1.71 bits per heavy atom. The molecule has 4 rings (SSSR count). The van der Waals surface area contributed by atoms with Gasteiger partial charge in [0.15, 0.2) is 11.5 Å². The van der Waals surface area contributed by atoms with Crippen molar-refractivity contribution in [3.05, 3.63) is 92.9 Å². The summed E-state index contributed by atoms with van der Waals surface area (Å²) in [5, 5.41) is 4.44. The van der Waals surface area contributed by atoms with Crippen LogP contribution in [0.1, 0.15) is 36.5 Å². The molecule has 0 bridgehead atoms. The SMILES string of the molecule is CCOc1cc(CNC2CCN(Cc3ccccc3)CC2)cc(Br)c1OCc1ccccc1Cl. The van der Waals surface area contributed by atoms with Gasteiger partial charge >= 0.3 is 0 Å². The molecule has 3 aromatic rings. The normalized spacial score (nSPS) is 14.8. The number of rotatable bonds is 10. The number of ether oxygens (including phenoxy) is 2. The molecule has 0 saturated carbocycles. The minimum atomic E-state index is 0.386. The van der Waals surface area contributed by atoms with Gasteiger partial charge in [-0.05, 0) is 78.1 Å². The summed E-state index contributed by atoms with van der Waals surface area (Å²) >= 11 is 9.98. The van der Waals surface area contributed by atoms with Crippen molar-refractivity contribution in [2.45, 2.75) is 45.5 Å². The smallest absolute Gasteiger partial charge is 0.175 e. The minimum Gasteiger partial charge on any atom is -0.490 e. The van der Waals surface area contributed by atoms with Crippen molar-refractivity contribution in [2.75, 3.05) is 19.7 Å². The molecule has 6 heteroatoms. The highest BCUT2D eigenvalue weighted by molar-refractivity contribution is 9.10. The van der Waals surface area contributed by atoms with Gasteiger partial charge in [-0.2, -0.15) is 0 Å². The highest BCUT2D eigenvalue weighted by atomic mass is 79.9. The zero-order chi connectivity index (χ0) is 23.8. The molecule has 3 aromatic carbocycles. The summed E-state index contributed by atoms with van der Waals surface area (Å²) in [6.45, 7) is 7.02. The van der Waals surface area contributed by atoms with Gasteiger partial charge in [-0.1, -0.05) is 60.1 Å². The van der Waals surface area contributed by atoms with Gasteiger partial charge in [0.05, 0.1) is 11.1 Å². The van der Waals surface area contributed by atoms with E-state index in [-0.39, 0.29) is 0 Å². The lowest BCUT2D eigenvalue weighted by Gasteiger charge is -2.32. The van der Waals surface area contributed by atoms with Crippen molar-refractivity contribution in [1.29, 1.82) is 0 Å². The Kier molecular flexibility index (Phi) is 9.28. The Morgan fingerprint density at radius 1 is 0.971 bits per heavy atom. The molecule has 1 aliphatic rings. The molecule has 0 spiro atoms. The lowest BCUT2D eigenvalue weighted by atomic mass is 10.0. The quantitative estimate of drug-likeness (QED) is 0.304. The van der Waals surface area contributed by atoms with Crippen LogP contribution in [-0.4, -0.2) is 30.6 Å². The van der Waals surface area contributed by atoms with E-state index in [0.717, 1.165) is 54.8 Å². The molecule has 0 atom stereocenters. The van der Waals surface area contributed by atoms with Crippen molar-refractivity contribution in [2.24, 2.45) is 0 Å². The molecular weight excluding hydrogens is 512 g/mol. The van der Waals surface area contributed by atoms with Crippen molar-refractivity contribution in [3.63, 3.8) is 0 Å². The summed E-state index contributed by atoms with van der Waals surface area (Å²) in [5.41, 5.74) is 3.51. The van der Waals surface area contributed by atoms with Crippen LogP contribution in [0.2, 0.25) is 5.02 Å². The van der Waals surface area contributed by atoms with Gasteiger partial charge in [-0.3, -0.25) is 4.90 Å². The predicted octanol–water partition coefficient (Wildman–Crippen LogP) is 6.83. The van der Waals surface area contributed by atoms with Gasteiger partial charge in [0.1, 0.15) is 6.61 Å². The Bertz CT molecular complexity index is 1060. The average Bonchev–Trinajstić information content (AvgIpc) is 2.85. The first-order valence-electron chi connectivity index (χ1n) is 11.9. The predicted molar refractivity (Wildman–Crippen MR) is 143 cm³/mol. The zero-order valence-corrected chi connectivity index (χ0v) is 21.9. The lowest BCUT2D eigenvalue weighted by molar-refractivity contribution is 0.190. The van der Waals surface area contributed by atoms with E-state index < -0.39 is 0 Å². The highest BCUT2D eigenvalue weighted by Crippen LogP contribution is 2.38. The van der Waals surface area contributed by atoms with E-state index in [2.05, 4.69) is 68.6 Å². The van der Waals surface area contributed by atoms with Crippen LogP contribution in [0.4, 0.5) is 0 Å². The fourth-order valence-corrected chi connectivity index (χ4v) is 5.09. The number of nitrogens with one attached hydrogen (secondary N) is 1. The van der Waals surface area contributed by atoms with Crippen LogP contribution in [0, 0.1) is 0 Å². The Balaban J connectivity index is 1.32. The number of piperidine rings is 1. The Labute approximate surface area is 216 Å². The first-order chi connectivity index (χ1) is 16.6. The van der Waals surface area contributed by atoms with E-state index in [4.69, 9.17) is 21.1 Å². The first-order valence-corrected chi connectivity index (χ1v) is 13.1. The molecule has 1 N–H and O–H groups in total. The van der Waals surface area contributed by atoms with Gasteiger partial charge < -0.3 is 14.8 Å². The maximum absolute atomic E-state index is 6.29. The van der Waals surface area contributed by atoms with E-state index >= 15 is 0 Å². The summed E-state index contributed by atoms with van der Waals surface area (Å²) in [6, 6.07) is 23.2. The second kappa shape index (κ2) is 12.6. The Hall–Kier alpha value is -2.05. The maximum atomic E-state index is 6.29. The molecule has 34 heavy (non-hydrogen) atoms. The maximum Gasteiger partial charge on any atom is 0.175 e. The van der Waals surface area contributed by atoms with Crippen LogP contribution in [0.3, 0.4) is 0 Å². The van der Waals surface area contributed by atoms with E-state index in [1.165, 1.54) is 11.1 Å². The first kappa shape index (κ1) is 25.1. The van der Waals surface area contributed by atoms with Crippen LogP contribution in [0.15, 0.2) is 71.2 Å². The van der Waals surface area contributed by atoms with E-state index in [1.54, 1.807) is 0 Å². The summed E-state index contributed by atoms with van der Waals surface area (Å²) in [6.07, 6.45) is 2.32. The third-order valence-electron chi connectivity index (χ3n) is 6.13. The number of halogens is 2. The summed E-state index contributed by atoms with van der Waals surface area (Å²) in [4.78, 5) is 2.54. The topological polar surface area (TPSA) is 33.7 Å². The molecule has 0 radical (unpaired) electrons. The van der Waals surface area contributed by atoms with E-state index in [0.29, 0.717) is 30.0 Å². The monoisotopic (exact) mass is 542 g/mol. The Morgan fingerprint density at radius 3 is 2.44 bits per heavy atom. The van der Waals surface area contributed by atoms with Gasteiger partial charge in [-0.25, -0.2) is 0 Å².